The monoisotopic (exact) mass is 208 g/mol. The van der Waals surface area contributed by atoms with Crippen molar-refractivity contribution < 1.29 is 9.84 Å². The first-order valence-corrected chi connectivity index (χ1v) is 5.55. The van der Waals surface area contributed by atoms with Gasteiger partial charge in [0.05, 0.1) is 12.7 Å². The maximum atomic E-state index is 10.0. The zero-order valence-corrected chi connectivity index (χ0v) is 9.73. The van der Waals surface area contributed by atoms with Gasteiger partial charge in [-0.1, -0.05) is 32.0 Å². The fourth-order valence-electron chi connectivity index (χ4n) is 1.62. The van der Waals surface area contributed by atoms with Gasteiger partial charge >= 0.3 is 0 Å². The van der Waals surface area contributed by atoms with E-state index < -0.39 is 6.10 Å². The number of aliphatic hydroxyl groups excluding tert-OH is 1. The molecular weight excluding hydrogens is 188 g/mol. The van der Waals surface area contributed by atoms with Crippen molar-refractivity contribution in [1.82, 2.24) is 0 Å². The summed E-state index contributed by atoms with van der Waals surface area (Å²) in [5.74, 6) is 1.28. The van der Waals surface area contributed by atoms with Crippen LogP contribution in [0.1, 0.15) is 38.9 Å². The van der Waals surface area contributed by atoms with Gasteiger partial charge in [-0.05, 0) is 25.3 Å². The Hall–Kier alpha value is -1.02. The molecule has 0 amide bonds. The van der Waals surface area contributed by atoms with Gasteiger partial charge in [-0.25, -0.2) is 0 Å². The summed E-state index contributed by atoms with van der Waals surface area (Å²) >= 11 is 0. The molecule has 0 heterocycles. The highest BCUT2D eigenvalue weighted by molar-refractivity contribution is 5.35. The number of rotatable bonds is 5. The minimum absolute atomic E-state index is 0.423. The highest BCUT2D eigenvalue weighted by Gasteiger charge is 2.13. The molecule has 0 bridgehead atoms. The van der Waals surface area contributed by atoms with Crippen molar-refractivity contribution >= 4 is 0 Å². The fraction of sp³-hybridized carbons (Fsp3) is 0.538. The summed E-state index contributed by atoms with van der Waals surface area (Å²) in [6.45, 7) is 6.79. The number of ether oxygens (including phenoxy) is 1. The van der Waals surface area contributed by atoms with Gasteiger partial charge in [0.1, 0.15) is 5.75 Å². The summed E-state index contributed by atoms with van der Waals surface area (Å²) in [5.41, 5.74) is 0.896. The molecule has 0 aliphatic rings. The Balaban J connectivity index is 2.81. The molecule has 1 rings (SSSR count). The zero-order valence-electron chi connectivity index (χ0n) is 9.73. The van der Waals surface area contributed by atoms with Gasteiger partial charge in [-0.3, -0.25) is 0 Å². The summed E-state index contributed by atoms with van der Waals surface area (Å²) in [7, 11) is 0. The Morgan fingerprint density at radius 1 is 1.27 bits per heavy atom. The van der Waals surface area contributed by atoms with Crippen molar-refractivity contribution in [2.45, 2.75) is 33.3 Å². The topological polar surface area (TPSA) is 29.5 Å². The van der Waals surface area contributed by atoms with Crippen LogP contribution in [0.5, 0.6) is 5.75 Å². The van der Waals surface area contributed by atoms with Gasteiger partial charge in [-0.15, -0.1) is 0 Å². The van der Waals surface area contributed by atoms with E-state index in [0.717, 1.165) is 17.7 Å². The van der Waals surface area contributed by atoms with Crippen molar-refractivity contribution in [1.29, 1.82) is 0 Å². The van der Waals surface area contributed by atoms with E-state index >= 15 is 0 Å². The summed E-state index contributed by atoms with van der Waals surface area (Å²) in [5, 5.41) is 10.0. The van der Waals surface area contributed by atoms with Crippen LogP contribution in [0.3, 0.4) is 0 Å². The minimum Gasteiger partial charge on any atom is -0.493 e. The van der Waals surface area contributed by atoms with E-state index in [0.29, 0.717) is 12.5 Å². The Labute approximate surface area is 91.9 Å². The molecule has 0 aliphatic carbocycles. The Bertz CT molecular complexity index is 294. The van der Waals surface area contributed by atoms with Gasteiger partial charge in [0.15, 0.2) is 0 Å². The van der Waals surface area contributed by atoms with E-state index in [2.05, 4.69) is 13.8 Å². The van der Waals surface area contributed by atoms with E-state index in [4.69, 9.17) is 4.74 Å². The van der Waals surface area contributed by atoms with Crippen LogP contribution in [0.15, 0.2) is 24.3 Å². The predicted octanol–water partition coefficient (Wildman–Crippen LogP) is 3.16. The van der Waals surface area contributed by atoms with Crippen LogP contribution in [-0.4, -0.2) is 11.7 Å². The van der Waals surface area contributed by atoms with Crippen molar-refractivity contribution in [3.8, 4) is 5.75 Å². The molecular formula is C13H20O2. The lowest BCUT2D eigenvalue weighted by molar-refractivity contribution is 0.146. The predicted molar refractivity (Wildman–Crippen MR) is 62.0 cm³/mol. The standard InChI is InChI=1S/C13H20O2/c1-4-15-13-8-6-5-7-11(13)12(14)9-10(2)3/h5-8,10,12,14H,4,9H2,1-3H3. The normalized spacial score (nSPS) is 12.9. The molecule has 1 unspecified atom stereocenters. The van der Waals surface area contributed by atoms with Gasteiger partial charge in [-0.2, -0.15) is 0 Å². The van der Waals surface area contributed by atoms with Crippen LogP contribution >= 0.6 is 0 Å². The van der Waals surface area contributed by atoms with Gasteiger partial charge < -0.3 is 9.84 Å². The Kier molecular flexibility index (Phi) is 4.63. The van der Waals surface area contributed by atoms with Crippen LogP contribution in [0.4, 0.5) is 0 Å². The van der Waals surface area contributed by atoms with E-state index in [9.17, 15) is 5.11 Å². The molecule has 1 aromatic rings. The highest BCUT2D eigenvalue weighted by atomic mass is 16.5. The number of para-hydroxylation sites is 1. The summed E-state index contributed by atoms with van der Waals surface area (Å²) in [4.78, 5) is 0. The molecule has 0 aliphatic heterocycles. The molecule has 2 nitrogen and oxygen atoms in total. The zero-order chi connectivity index (χ0) is 11.3. The van der Waals surface area contributed by atoms with Crippen molar-refractivity contribution in [2.24, 2.45) is 5.92 Å². The van der Waals surface area contributed by atoms with Gasteiger partial charge in [0.2, 0.25) is 0 Å². The van der Waals surface area contributed by atoms with Crippen molar-refractivity contribution in [2.75, 3.05) is 6.61 Å². The molecule has 1 atom stereocenters. The maximum Gasteiger partial charge on any atom is 0.125 e. The minimum atomic E-state index is -0.423. The fourth-order valence-corrected chi connectivity index (χ4v) is 1.62. The summed E-state index contributed by atoms with van der Waals surface area (Å²) in [6.07, 6.45) is 0.345. The second-order valence-corrected chi connectivity index (χ2v) is 4.12. The maximum absolute atomic E-state index is 10.0. The van der Waals surface area contributed by atoms with Crippen LogP contribution < -0.4 is 4.74 Å². The number of hydrogen-bond donors (Lipinski definition) is 1. The van der Waals surface area contributed by atoms with Crippen molar-refractivity contribution in [3.63, 3.8) is 0 Å². The van der Waals surface area contributed by atoms with Gasteiger partial charge in [0, 0.05) is 5.56 Å². The molecule has 0 saturated heterocycles. The molecule has 2 heteroatoms. The lowest BCUT2D eigenvalue weighted by Gasteiger charge is -2.17. The van der Waals surface area contributed by atoms with Crippen LogP contribution in [0.2, 0.25) is 0 Å². The molecule has 0 aromatic heterocycles. The SMILES string of the molecule is CCOc1ccccc1C(O)CC(C)C. The van der Waals surface area contributed by atoms with Crippen LogP contribution in [0, 0.1) is 5.92 Å². The number of benzene rings is 1. The first-order chi connectivity index (χ1) is 7.15. The second kappa shape index (κ2) is 5.76. The van der Waals surface area contributed by atoms with E-state index in [1.807, 2.05) is 31.2 Å². The lowest BCUT2D eigenvalue weighted by atomic mass is 9.99. The molecule has 0 radical (unpaired) electrons. The van der Waals surface area contributed by atoms with Gasteiger partial charge in [0.25, 0.3) is 0 Å². The summed E-state index contributed by atoms with van der Waals surface area (Å²) < 4.78 is 5.48. The third-order valence-corrected chi connectivity index (χ3v) is 2.27. The largest absolute Gasteiger partial charge is 0.493 e. The number of hydrogen-bond acceptors (Lipinski definition) is 2. The second-order valence-electron chi connectivity index (χ2n) is 4.12. The first-order valence-electron chi connectivity index (χ1n) is 5.55. The smallest absolute Gasteiger partial charge is 0.125 e. The third kappa shape index (κ3) is 3.56. The first kappa shape index (κ1) is 12.1. The molecule has 15 heavy (non-hydrogen) atoms. The Morgan fingerprint density at radius 2 is 1.93 bits per heavy atom. The van der Waals surface area contributed by atoms with E-state index in [1.54, 1.807) is 0 Å². The average molecular weight is 208 g/mol. The van der Waals surface area contributed by atoms with Crippen LogP contribution in [-0.2, 0) is 0 Å². The Morgan fingerprint density at radius 3 is 2.53 bits per heavy atom. The summed E-state index contributed by atoms with van der Waals surface area (Å²) in [6, 6.07) is 7.69. The molecule has 84 valence electrons. The van der Waals surface area contributed by atoms with E-state index in [-0.39, 0.29) is 0 Å². The van der Waals surface area contributed by atoms with E-state index in [1.165, 1.54) is 0 Å². The highest BCUT2D eigenvalue weighted by Crippen LogP contribution is 2.29. The van der Waals surface area contributed by atoms with Crippen LogP contribution in [0.25, 0.3) is 0 Å². The third-order valence-electron chi connectivity index (χ3n) is 2.27. The quantitative estimate of drug-likeness (QED) is 0.805. The molecule has 0 saturated carbocycles. The molecule has 1 aromatic carbocycles. The lowest BCUT2D eigenvalue weighted by Crippen LogP contribution is -2.05. The molecule has 1 N–H and O–H groups in total. The number of aliphatic hydroxyl groups is 1. The molecule has 0 fully saturated rings. The average Bonchev–Trinajstić information content (AvgIpc) is 2.18. The molecule has 0 spiro atoms. The van der Waals surface area contributed by atoms with Crippen molar-refractivity contribution in [3.05, 3.63) is 29.8 Å².